The third-order valence-corrected chi connectivity index (χ3v) is 5.22. The number of urea groups is 2. The molecular formula is C22H28ClN5O2. The molecule has 2 aromatic rings. The SMILES string of the molecule is CCCCNC(=O)N1CCN(c2ccc(NC(=O)Nc3ccc(Cl)cc3)cc2)CC1. The maximum Gasteiger partial charge on any atom is 0.323 e. The minimum Gasteiger partial charge on any atom is -0.368 e. The average molecular weight is 430 g/mol. The Morgan fingerprint density at radius 3 is 2.03 bits per heavy atom. The first-order chi connectivity index (χ1) is 14.5. The van der Waals surface area contributed by atoms with Crippen LogP contribution < -0.4 is 20.9 Å². The molecule has 1 heterocycles. The predicted octanol–water partition coefficient (Wildman–Crippen LogP) is 4.62. The number of hydrogen-bond acceptors (Lipinski definition) is 3. The molecule has 0 spiro atoms. The second kappa shape index (κ2) is 10.7. The van der Waals surface area contributed by atoms with Gasteiger partial charge in [0.2, 0.25) is 0 Å². The maximum atomic E-state index is 12.2. The van der Waals surface area contributed by atoms with E-state index in [9.17, 15) is 9.59 Å². The summed E-state index contributed by atoms with van der Waals surface area (Å²) in [5.74, 6) is 0. The topological polar surface area (TPSA) is 76.7 Å². The van der Waals surface area contributed by atoms with Crippen molar-refractivity contribution in [1.82, 2.24) is 10.2 Å². The molecule has 160 valence electrons. The average Bonchev–Trinajstić information content (AvgIpc) is 2.76. The number of anilines is 3. The first-order valence-corrected chi connectivity index (χ1v) is 10.6. The van der Waals surface area contributed by atoms with Crippen LogP contribution in [0.15, 0.2) is 48.5 Å². The van der Waals surface area contributed by atoms with E-state index < -0.39 is 0 Å². The van der Waals surface area contributed by atoms with Crippen molar-refractivity contribution in [3.63, 3.8) is 0 Å². The Balaban J connectivity index is 1.46. The van der Waals surface area contributed by atoms with E-state index in [1.165, 1.54) is 0 Å². The maximum absolute atomic E-state index is 12.2. The number of amides is 4. The van der Waals surface area contributed by atoms with Gasteiger partial charge in [-0.2, -0.15) is 0 Å². The lowest BCUT2D eigenvalue weighted by Crippen LogP contribution is -2.52. The number of benzene rings is 2. The monoisotopic (exact) mass is 429 g/mol. The Morgan fingerprint density at radius 1 is 0.900 bits per heavy atom. The zero-order valence-electron chi connectivity index (χ0n) is 17.2. The van der Waals surface area contributed by atoms with E-state index in [0.717, 1.165) is 38.2 Å². The van der Waals surface area contributed by atoms with Crippen LogP contribution in [0.2, 0.25) is 5.02 Å². The summed E-state index contributed by atoms with van der Waals surface area (Å²) in [6, 6.07) is 14.4. The molecule has 0 atom stereocenters. The largest absolute Gasteiger partial charge is 0.368 e. The Labute approximate surface area is 182 Å². The van der Waals surface area contributed by atoms with Crippen molar-refractivity contribution < 1.29 is 9.59 Å². The smallest absolute Gasteiger partial charge is 0.323 e. The molecule has 1 aliphatic heterocycles. The van der Waals surface area contributed by atoms with Crippen molar-refractivity contribution in [2.75, 3.05) is 48.3 Å². The molecule has 30 heavy (non-hydrogen) atoms. The summed E-state index contributed by atoms with van der Waals surface area (Å²) < 4.78 is 0. The zero-order chi connectivity index (χ0) is 21.3. The van der Waals surface area contributed by atoms with Gasteiger partial charge in [0.15, 0.2) is 0 Å². The van der Waals surface area contributed by atoms with Gasteiger partial charge in [0.1, 0.15) is 0 Å². The number of nitrogens with one attached hydrogen (secondary N) is 3. The fraction of sp³-hybridized carbons (Fsp3) is 0.364. The third-order valence-electron chi connectivity index (χ3n) is 4.97. The first kappa shape index (κ1) is 21.8. The van der Waals surface area contributed by atoms with Crippen molar-refractivity contribution in [1.29, 1.82) is 0 Å². The number of carbonyl (C=O) groups excluding carboxylic acids is 2. The molecular weight excluding hydrogens is 402 g/mol. The van der Waals surface area contributed by atoms with Crippen LogP contribution in [0.25, 0.3) is 0 Å². The lowest BCUT2D eigenvalue weighted by molar-refractivity contribution is 0.194. The van der Waals surface area contributed by atoms with Gasteiger partial charge in [-0.15, -0.1) is 0 Å². The second-order valence-corrected chi connectivity index (χ2v) is 7.63. The molecule has 0 aliphatic carbocycles. The summed E-state index contributed by atoms with van der Waals surface area (Å²) >= 11 is 5.85. The van der Waals surface area contributed by atoms with Gasteiger partial charge in [0.25, 0.3) is 0 Å². The summed E-state index contributed by atoms with van der Waals surface area (Å²) in [4.78, 5) is 28.4. The lowest BCUT2D eigenvalue weighted by Gasteiger charge is -2.36. The van der Waals surface area contributed by atoms with Gasteiger partial charge in [0.05, 0.1) is 0 Å². The standard InChI is InChI=1S/C22H28ClN5O2/c1-2-3-12-24-22(30)28-15-13-27(14-16-28)20-10-8-19(9-11-20)26-21(29)25-18-6-4-17(23)5-7-18/h4-11H,2-3,12-16H2,1H3,(H,24,30)(H2,25,26,29). The molecule has 3 rings (SSSR count). The van der Waals surface area contributed by atoms with Gasteiger partial charge in [-0.25, -0.2) is 9.59 Å². The Kier molecular flexibility index (Phi) is 7.79. The molecule has 0 unspecified atom stereocenters. The van der Waals surface area contributed by atoms with Crippen LogP contribution in [0.3, 0.4) is 0 Å². The van der Waals surface area contributed by atoms with E-state index in [0.29, 0.717) is 29.5 Å². The number of carbonyl (C=O) groups is 2. The molecule has 1 saturated heterocycles. The molecule has 1 aliphatic rings. The lowest BCUT2D eigenvalue weighted by atomic mass is 10.2. The van der Waals surface area contributed by atoms with Crippen LogP contribution in [0.4, 0.5) is 26.7 Å². The molecule has 0 bridgehead atoms. The van der Waals surface area contributed by atoms with Crippen molar-refractivity contribution in [3.8, 4) is 0 Å². The number of nitrogens with zero attached hydrogens (tertiary/aromatic N) is 2. The van der Waals surface area contributed by atoms with Crippen LogP contribution in [0.1, 0.15) is 19.8 Å². The third kappa shape index (κ3) is 6.29. The van der Waals surface area contributed by atoms with Gasteiger partial charge in [0, 0.05) is 54.8 Å². The Morgan fingerprint density at radius 2 is 1.47 bits per heavy atom. The fourth-order valence-corrected chi connectivity index (χ4v) is 3.36. The minimum absolute atomic E-state index is 0.0225. The quantitative estimate of drug-likeness (QED) is 0.586. The first-order valence-electron chi connectivity index (χ1n) is 10.3. The number of hydrogen-bond donors (Lipinski definition) is 3. The number of rotatable bonds is 6. The van der Waals surface area contributed by atoms with Gasteiger partial charge < -0.3 is 25.8 Å². The molecule has 0 saturated carbocycles. The summed E-state index contributed by atoms with van der Waals surface area (Å²) in [5.41, 5.74) is 2.45. The number of unbranched alkanes of at least 4 members (excludes halogenated alkanes) is 1. The van der Waals surface area contributed by atoms with Gasteiger partial charge >= 0.3 is 12.1 Å². The summed E-state index contributed by atoms with van der Waals surface area (Å²) in [5, 5.41) is 9.17. The van der Waals surface area contributed by atoms with E-state index in [2.05, 4.69) is 27.8 Å². The molecule has 1 fully saturated rings. The molecule has 8 heteroatoms. The second-order valence-electron chi connectivity index (χ2n) is 7.19. The van der Waals surface area contributed by atoms with Crippen LogP contribution in [-0.4, -0.2) is 49.7 Å². The highest BCUT2D eigenvalue weighted by atomic mass is 35.5. The molecule has 4 amide bonds. The van der Waals surface area contributed by atoms with Crippen LogP contribution in [0, 0.1) is 0 Å². The van der Waals surface area contributed by atoms with E-state index in [1.807, 2.05) is 29.2 Å². The Bertz CT molecular complexity index is 834. The Hall–Kier alpha value is -2.93. The highest BCUT2D eigenvalue weighted by molar-refractivity contribution is 6.30. The van der Waals surface area contributed by atoms with Crippen LogP contribution in [-0.2, 0) is 0 Å². The van der Waals surface area contributed by atoms with E-state index in [1.54, 1.807) is 24.3 Å². The molecule has 2 aromatic carbocycles. The summed E-state index contributed by atoms with van der Waals surface area (Å²) in [6.45, 7) is 5.80. The summed E-state index contributed by atoms with van der Waals surface area (Å²) in [6.07, 6.45) is 2.07. The van der Waals surface area contributed by atoms with Gasteiger partial charge in [-0.05, 0) is 55.0 Å². The van der Waals surface area contributed by atoms with Crippen molar-refractivity contribution in [2.24, 2.45) is 0 Å². The molecule has 0 radical (unpaired) electrons. The van der Waals surface area contributed by atoms with Crippen molar-refractivity contribution in [3.05, 3.63) is 53.6 Å². The molecule has 3 N–H and O–H groups in total. The molecule has 7 nitrogen and oxygen atoms in total. The normalized spacial score (nSPS) is 13.7. The highest BCUT2D eigenvalue weighted by Crippen LogP contribution is 2.20. The summed E-state index contributed by atoms with van der Waals surface area (Å²) in [7, 11) is 0. The van der Waals surface area contributed by atoms with E-state index in [-0.39, 0.29) is 12.1 Å². The van der Waals surface area contributed by atoms with Crippen molar-refractivity contribution >= 4 is 40.7 Å². The highest BCUT2D eigenvalue weighted by Gasteiger charge is 2.20. The van der Waals surface area contributed by atoms with Crippen LogP contribution in [0.5, 0.6) is 0 Å². The fourth-order valence-electron chi connectivity index (χ4n) is 3.23. The zero-order valence-corrected chi connectivity index (χ0v) is 17.9. The number of halogens is 1. The van der Waals surface area contributed by atoms with Crippen LogP contribution >= 0.6 is 11.6 Å². The van der Waals surface area contributed by atoms with Crippen molar-refractivity contribution in [2.45, 2.75) is 19.8 Å². The van der Waals surface area contributed by atoms with Gasteiger partial charge in [-0.3, -0.25) is 0 Å². The minimum atomic E-state index is -0.312. The molecule has 0 aromatic heterocycles. The van der Waals surface area contributed by atoms with E-state index in [4.69, 9.17) is 11.6 Å². The predicted molar refractivity (Wildman–Crippen MR) is 123 cm³/mol. The number of piperazine rings is 1. The van der Waals surface area contributed by atoms with Gasteiger partial charge in [-0.1, -0.05) is 24.9 Å². The van der Waals surface area contributed by atoms with E-state index >= 15 is 0 Å².